The Labute approximate surface area is 190 Å². The number of amides is 1. The van der Waals surface area contributed by atoms with Crippen molar-refractivity contribution in [2.75, 3.05) is 17.3 Å². The Kier molecular flexibility index (Phi) is 5.13. The molecule has 1 N–H and O–H groups in total. The van der Waals surface area contributed by atoms with E-state index in [1.54, 1.807) is 17.9 Å². The van der Waals surface area contributed by atoms with Crippen LogP contribution in [0.1, 0.15) is 33.2 Å². The molecule has 1 aliphatic rings. The Bertz CT molecular complexity index is 1360. The van der Waals surface area contributed by atoms with Crippen LogP contribution in [0.3, 0.4) is 0 Å². The van der Waals surface area contributed by atoms with Gasteiger partial charge in [-0.2, -0.15) is 0 Å². The first-order valence-corrected chi connectivity index (χ1v) is 12.4. The predicted octanol–water partition coefficient (Wildman–Crippen LogP) is 4.87. The van der Waals surface area contributed by atoms with Crippen molar-refractivity contribution < 1.29 is 14.7 Å². The predicted molar refractivity (Wildman–Crippen MR) is 126 cm³/mol. The summed E-state index contributed by atoms with van der Waals surface area (Å²) < 4.78 is 1.93. The van der Waals surface area contributed by atoms with E-state index in [-0.39, 0.29) is 37.9 Å². The second-order valence-corrected chi connectivity index (χ2v) is 10.6. The van der Waals surface area contributed by atoms with E-state index in [0.717, 1.165) is 41.7 Å². The second-order valence-electron chi connectivity index (χ2n) is 8.00. The van der Waals surface area contributed by atoms with E-state index in [9.17, 15) is 14.7 Å². The summed E-state index contributed by atoms with van der Waals surface area (Å²) in [6, 6.07) is 17.4. The number of phenolic OH excluding ortho intramolecular Hbond substituents is 1. The maximum atomic E-state index is 13.5. The van der Waals surface area contributed by atoms with E-state index in [1.165, 1.54) is 0 Å². The van der Waals surface area contributed by atoms with Crippen molar-refractivity contribution in [3.8, 4) is 5.75 Å². The number of aromatic hydroxyl groups is 1. The van der Waals surface area contributed by atoms with E-state index in [1.807, 2.05) is 48.5 Å². The number of carbonyl (C=O) groups is 2. The molecule has 0 radical (unpaired) electrons. The summed E-state index contributed by atoms with van der Waals surface area (Å²) in [4.78, 5) is 26.8. The molecule has 0 saturated carbocycles. The Hall–Kier alpha value is -2.59. The zero-order valence-corrected chi connectivity index (χ0v) is 19.4. The van der Waals surface area contributed by atoms with Crippen molar-refractivity contribution in [3.05, 3.63) is 70.2 Å². The van der Waals surface area contributed by atoms with Crippen molar-refractivity contribution in [1.82, 2.24) is 0 Å². The molecule has 1 aliphatic heterocycles. The number of Topliss-reactive ketones (excluding diaryl/α,β-unsaturated/α-hetero) is 1. The van der Waals surface area contributed by atoms with Crippen LogP contribution in [0, 0.1) is 0 Å². The van der Waals surface area contributed by atoms with Crippen LogP contribution < -0.4 is 4.90 Å². The molecule has 3 aromatic carbocycles. The Morgan fingerprint density at radius 1 is 1.13 bits per heavy atom. The van der Waals surface area contributed by atoms with E-state index in [2.05, 4.69) is 0 Å². The van der Waals surface area contributed by atoms with Crippen LogP contribution in [-0.2, 0) is 11.2 Å². The van der Waals surface area contributed by atoms with E-state index in [0.29, 0.717) is 18.8 Å². The van der Waals surface area contributed by atoms with Crippen molar-refractivity contribution in [2.45, 2.75) is 19.3 Å². The van der Waals surface area contributed by atoms with Gasteiger partial charge in [-0.1, -0.05) is 0 Å². The number of carbonyl (C=O) groups excluding carboxylic acids is 2. The molecule has 31 heavy (non-hydrogen) atoms. The maximum absolute atomic E-state index is 13.5. The molecule has 1 amide bonds. The fraction of sp³-hybridized carbons (Fsp3) is 0.200. The van der Waals surface area contributed by atoms with Crippen LogP contribution in [0.5, 0.6) is 5.75 Å². The Morgan fingerprint density at radius 2 is 1.90 bits per heavy atom. The van der Waals surface area contributed by atoms with Gasteiger partial charge in [-0.3, -0.25) is 0 Å². The zero-order valence-electron chi connectivity index (χ0n) is 16.9. The molecule has 5 rings (SSSR count). The van der Waals surface area contributed by atoms with Gasteiger partial charge in [0, 0.05) is 0 Å². The Balaban J connectivity index is 1.57. The fourth-order valence-electron chi connectivity index (χ4n) is 4.47. The number of phenols is 1. The van der Waals surface area contributed by atoms with Crippen LogP contribution in [0.25, 0.3) is 20.4 Å². The third kappa shape index (κ3) is 3.47. The molecular weight excluding hydrogens is 477 g/mol. The molecule has 1 atom stereocenters. The summed E-state index contributed by atoms with van der Waals surface area (Å²) in [5.41, 5.74) is 2.75. The van der Waals surface area contributed by atoms with Gasteiger partial charge in [0.15, 0.2) is 0 Å². The fourth-order valence-corrected chi connectivity index (χ4v) is 6.81. The van der Waals surface area contributed by atoms with Gasteiger partial charge in [-0.25, -0.2) is 0 Å². The van der Waals surface area contributed by atoms with Gasteiger partial charge in [0.1, 0.15) is 0 Å². The molecule has 0 spiro atoms. The van der Waals surface area contributed by atoms with Crippen LogP contribution in [0.4, 0.5) is 5.69 Å². The molecule has 4 aromatic rings. The zero-order chi connectivity index (χ0) is 21.7. The SMILES string of the molecule is CC(=O)Cc1ccc2[se]c(C(=O)N3C[C@@H](CCl)c4c3cc(O)c3ccccc43)cc2c1. The number of nitrogens with zero attached hydrogens (tertiary/aromatic N) is 1. The van der Waals surface area contributed by atoms with Gasteiger partial charge in [0.2, 0.25) is 0 Å². The van der Waals surface area contributed by atoms with Gasteiger partial charge in [0.25, 0.3) is 0 Å². The first-order chi connectivity index (χ1) is 15.0. The van der Waals surface area contributed by atoms with Crippen LogP contribution in [0.15, 0.2) is 54.6 Å². The average Bonchev–Trinajstić information content (AvgIpc) is 3.34. The molecule has 0 saturated heterocycles. The molecule has 0 unspecified atom stereocenters. The monoisotopic (exact) mass is 497 g/mol. The van der Waals surface area contributed by atoms with Crippen LogP contribution >= 0.6 is 11.6 Å². The number of alkyl halides is 1. The summed E-state index contributed by atoms with van der Waals surface area (Å²) in [5, 5.41) is 13.3. The number of ketones is 1. The summed E-state index contributed by atoms with van der Waals surface area (Å²) in [5.74, 6) is 0.685. The van der Waals surface area contributed by atoms with Crippen molar-refractivity contribution in [3.63, 3.8) is 0 Å². The number of halogens is 1. The molecule has 1 aromatic heterocycles. The topological polar surface area (TPSA) is 57.6 Å². The van der Waals surface area contributed by atoms with Gasteiger partial charge < -0.3 is 0 Å². The number of benzene rings is 3. The minimum atomic E-state index is -0.0979. The number of anilines is 1. The van der Waals surface area contributed by atoms with E-state index < -0.39 is 0 Å². The molecule has 0 fully saturated rings. The number of hydrogen-bond donors (Lipinski definition) is 1. The van der Waals surface area contributed by atoms with E-state index >= 15 is 0 Å². The van der Waals surface area contributed by atoms with Gasteiger partial charge >= 0.3 is 191 Å². The summed E-state index contributed by atoms with van der Waals surface area (Å²) in [7, 11) is 0. The minimum absolute atomic E-state index is 0.0187. The normalized spacial score (nSPS) is 15.5. The molecule has 4 nitrogen and oxygen atoms in total. The first-order valence-electron chi connectivity index (χ1n) is 10.1. The molecule has 0 bridgehead atoms. The van der Waals surface area contributed by atoms with Crippen molar-refractivity contribution >= 4 is 63.9 Å². The summed E-state index contributed by atoms with van der Waals surface area (Å²) >= 11 is 6.20. The van der Waals surface area contributed by atoms with Gasteiger partial charge in [-0.05, 0) is 0 Å². The summed E-state index contributed by atoms with van der Waals surface area (Å²) in [6.45, 7) is 2.09. The van der Waals surface area contributed by atoms with Gasteiger partial charge in [-0.15, -0.1) is 0 Å². The third-order valence-corrected chi connectivity index (χ3v) is 8.51. The number of hydrogen-bond acceptors (Lipinski definition) is 3. The second kappa shape index (κ2) is 7.83. The first kappa shape index (κ1) is 20.3. The quantitative estimate of drug-likeness (QED) is 0.324. The van der Waals surface area contributed by atoms with E-state index in [4.69, 9.17) is 11.6 Å². The Morgan fingerprint density at radius 3 is 2.65 bits per heavy atom. The van der Waals surface area contributed by atoms with Crippen LogP contribution in [0.2, 0.25) is 0 Å². The number of fused-ring (bicyclic) bond motifs is 4. The molecule has 156 valence electrons. The standard InChI is InChI=1S/C25H20ClNO3Se/c1-14(28)8-15-6-7-22-16(9-15)10-23(31-22)25(30)27-13-17(12-26)24-19-5-3-2-4-18(19)21(29)11-20(24)27/h2-7,9-11,17,29H,8,12-13H2,1H3/t17-/m1/s1. The average molecular weight is 497 g/mol. The van der Waals surface area contributed by atoms with Crippen molar-refractivity contribution in [1.29, 1.82) is 0 Å². The number of rotatable bonds is 4. The molecule has 6 heteroatoms. The molecular formula is C25H20ClNO3Se. The molecule has 2 heterocycles. The summed E-state index contributed by atoms with van der Waals surface area (Å²) in [6.07, 6.45) is 0.403. The molecule has 0 aliphatic carbocycles. The van der Waals surface area contributed by atoms with Crippen molar-refractivity contribution in [2.24, 2.45) is 0 Å². The van der Waals surface area contributed by atoms with Gasteiger partial charge in [0.05, 0.1) is 0 Å². The third-order valence-electron chi connectivity index (χ3n) is 5.82. The van der Waals surface area contributed by atoms with Crippen LogP contribution in [-0.4, -0.2) is 43.7 Å².